The van der Waals surface area contributed by atoms with E-state index >= 15 is 0 Å². The monoisotopic (exact) mass is 362 g/mol. The molecule has 0 bridgehead atoms. The molecule has 0 aromatic heterocycles. The summed E-state index contributed by atoms with van der Waals surface area (Å²) >= 11 is 0. The summed E-state index contributed by atoms with van der Waals surface area (Å²) in [5, 5.41) is 15.5. The topological polar surface area (TPSA) is 103 Å². The summed E-state index contributed by atoms with van der Waals surface area (Å²) in [5.74, 6) is -2.90. The van der Waals surface area contributed by atoms with Gasteiger partial charge in [0.1, 0.15) is 24.0 Å². The number of carbonyl (C=O) groups excluding carboxylic acids is 1. The van der Waals surface area contributed by atoms with Gasteiger partial charge in [-0.15, -0.1) is 0 Å². The Kier molecular flexibility index (Phi) is 3.92. The van der Waals surface area contributed by atoms with Crippen LogP contribution in [0.1, 0.15) is 19.8 Å². The van der Waals surface area contributed by atoms with Crippen LogP contribution in [-0.2, 0) is 14.3 Å². The predicted octanol–water partition coefficient (Wildman–Crippen LogP) is 0.402. The Labute approximate surface area is 149 Å². The molecule has 9 heteroatoms. The molecule has 0 aromatic carbocycles. The van der Waals surface area contributed by atoms with Crippen molar-refractivity contribution in [1.82, 2.24) is 15.5 Å². The average Bonchev–Trinajstić information content (AvgIpc) is 2.62. The number of hydrogen-bond donors (Lipinski definition) is 3. The van der Waals surface area contributed by atoms with Crippen LogP contribution in [0.4, 0.5) is 4.39 Å². The van der Waals surface area contributed by atoms with Gasteiger partial charge in [0.15, 0.2) is 6.10 Å². The number of halogens is 1. The molecule has 3 N–H and O–H groups in total. The third kappa shape index (κ3) is 2.38. The van der Waals surface area contributed by atoms with Gasteiger partial charge in [0.25, 0.3) is 5.91 Å². The molecule has 4 atom stereocenters. The molecule has 4 aliphatic rings. The van der Waals surface area contributed by atoms with Crippen molar-refractivity contribution in [3.63, 3.8) is 0 Å². The van der Waals surface area contributed by atoms with Crippen LogP contribution in [0.5, 0.6) is 0 Å². The first kappa shape index (κ1) is 16.9. The highest BCUT2D eigenvalue weighted by Gasteiger charge is 2.49. The number of carboxylic acids is 1. The Morgan fingerprint density at radius 1 is 1.54 bits per heavy atom. The lowest BCUT2D eigenvalue weighted by atomic mass is 9.84. The number of piperidine rings is 1. The minimum absolute atomic E-state index is 0.0248. The zero-order chi connectivity index (χ0) is 18.6. The van der Waals surface area contributed by atoms with Crippen molar-refractivity contribution < 1.29 is 23.8 Å². The highest BCUT2D eigenvalue weighted by atomic mass is 19.1. The molecule has 4 rings (SSSR count). The first-order valence-electron chi connectivity index (χ1n) is 8.47. The highest BCUT2D eigenvalue weighted by Crippen LogP contribution is 2.40. The van der Waals surface area contributed by atoms with Crippen LogP contribution >= 0.6 is 0 Å². The van der Waals surface area contributed by atoms with Crippen LogP contribution in [0.25, 0.3) is 0 Å². The number of ether oxygens (including phenoxy) is 1. The van der Waals surface area contributed by atoms with E-state index in [4.69, 9.17) is 4.74 Å². The molecular formula is C17H19FN4O4. The van der Waals surface area contributed by atoms with E-state index in [1.165, 1.54) is 12.3 Å². The second-order valence-corrected chi connectivity index (χ2v) is 6.75. The van der Waals surface area contributed by atoms with Gasteiger partial charge in [0.05, 0.1) is 11.7 Å². The van der Waals surface area contributed by atoms with E-state index in [1.807, 2.05) is 6.92 Å². The highest BCUT2D eigenvalue weighted by molar-refractivity contribution is 6.64. The fourth-order valence-corrected chi connectivity index (χ4v) is 3.85. The zero-order valence-electron chi connectivity index (χ0n) is 14.3. The SMILES string of the molecule is CNC1N=C(C(=O)O)C(=O)N2C1=COC1C2=C(F)C=C2CCC(C)NC21. The van der Waals surface area contributed by atoms with E-state index in [2.05, 4.69) is 15.6 Å². The van der Waals surface area contributed by atoms with Crippen molar-refractivity contribution in [1.29, 1.82) is 0 Å². The van der Waals surface area contributed by atoms with Crippen LogP contribution in [0.15, 0.2) is 40.1 Å². The fourth-order valence-electron chi connectivity index (χ4n) is 3.85. The van der Waals surface area contributed by atoms with Crippen molar-refractivity contribution in [2.45, 2.75) is 44.1 Å². The molecule has 3 heterocycles. The maximum absolute atomic E-state index is 15.0. The number of nitrogens with one attached hydrogen (secondary N) is 2. The van der Waals surface area contributed by atoms with Gasteiger partial charge in [-0.2, -0.15) is 0 Å². The normalized spacial score (nSPS) is 33.3. The molecule has 0 aromatic rings. The number of fused-ring (bicyclic) bond motifs is 5. The summed E-state index contributed by atoms with van der Waals surface area (Å²) < 4.78 is 20.8. The molecular weight excluding hydrogens is 343 g/mol. The molecule has 8 nitrogen and oxygen atoms in total. The summed E-state index contributed by atoms with van der Waals surface area (Å²) in [4.78, 5) is 29.2. The quantitative estimate of drug-likeness (QED) is 0.657. The first-order chi connectivity index (χ1) is 12.4. The molecule has 138 valence electrons. The second-order valence-electron chi connectivity index (χ2n) is 6.75. The van der Waals surface area contributed by atoms with E-state index in [1.54, 1.807) is 7.05 Å². The standard InChI is InChI=1S/C17H19FN4O4/c1-7-3-4-8-5-9(18)13-14(11(8)20-7)26-6-10-15(19-2)21-12(17(24)25)16(23)22(10)13/h5-7,11,14-15,19-20H,3-4H2,1-2H3,(H,24,25). The third-order valence-corrected chi connectivity index (χ3v) is 5.11. The number of nitrogens with zero attached hydrogens (tertiary/aromatic N) is 2. The third-order valence-electron chi connectivity index (χ3n) is 5.11. The molecule has 3 aliphatic heterocycles. The minimum Gasteiger partial charge on any atom is -0.488 e. The van der Waals surface area contributed by atoms with Crippen molar-refractivity contribution in [3.05, 3.63) is 35.1 Å². The Hall–Kier alpha value is -2.52. The Balaban J connectivity index is 1.83. The van der Waals surface area contributed by atoms with Gasteiger partial charge in [-0.1, -0.05) is 0 Å². The molecule has 0 saturated carbocycles. The minimum atomic E-state index is -1.45. The van der Waals surface area contributed by atoms with Crippen LogP contribution in [0.2, 0.25) is 0 Å². The van der Waals surface area contributed by atoms with Crippen LogP contribution in [0.3, 0.4) is 0 Å². The first-order valence-corrected chi connectivity index (χ1v) is 8.47. The van der Waals surface area contributed by atoms with E-state index in [-0.39, 0.29) is 23.5 Å². The van der Waals surface area contributed by atoms with Crippen molar-refractivity contribution in [3.8, 4) is 0 Å². The lowest BCUT2D eigenvalue weighted by Gasteiger charge is -2.46. The molecule has 1 fully saturated rings. The number of carboxylic acid groups (broad SMARTS) is 1. The van der Waals surface area contributed by atoms with Crippen molar-refractivity contribution in [2.75, 3.05) is 7.05 Å². The summed E-state index contributed by atoms with van der Waals surface area (Å²) in [6.45, 7) is 2.04. The molecule has 1 amide bonds. The Morgan fingerprint density at radius 2 is 2.31 bits per heavy atom. The van der Waals surface area contributed by atoms with Crippen molar-refractivity contribution >= 4 is 17.6 Å². The van der Waals surface area contributed by atoms with E-state index < -0.39 is 35.7 Å². The number of carbonyl (C=O) groups is 2. The molecule has 1 aliphatic carbocycles. The number of allylic oxidation sites excluding steroid dienone is 2. The van der Waals surface area contributed by atoms with Crippen LogP contribution in [-0.4, -0.2) is 59.0 Å². The Morgan fingerprint density at radius 3 is 3.00 bits per heavy atom. The number of amides is 1. The number of aliphatic imine (C=N–C) groups is 1. The number of likely N-dealkylation sites (N-methyl/N-ethyl adjacent to an activating group) is 1. The maximum atomic E-state index is 15.0. The van der Waals surface area contributed by atoms with E-state index in [9.17, 15) is 19.1 Å². The molecule has 1 saturated heterocycles. The average molecular weight is 362 g/mol. The number of aliphatic carboxylic acids is 1. The summed E-state index contributed by atoms with van der Waals surface area (Å²) in [7, 11) is 1.57. The summed E-state index contributed by atoms with van der Waals surface area (Å²) in [6, 6.07) is -0.0363. The van der Waals surface area contributed by atoms with Gasteiger partial charge in [0, 0.05) is 6.04 Å². The molecule has 4 unspecified atom stereocenters. The lowest BCUT2D eigenvalue weighted by molar-refractivity contribution is -0.132. The van der Waals surface area contributed by atoms with Gasteiger partial charge < -0.3 is 15.2 Å². The van der Waals surface area contributed by atoms with Gasteiger partial charge in [-0.3, -0.25) is 15.0 Å². The largest absolute Gasteiger partial charge is 0.488 e. The summed E-state index contributed by atoms with van der Waals surface area (Å²) in [6.07, 6.45) is 2.87. The number of hydrogen-bond acceptors (Lipinski definition) is 6. The molecule has 26 heavy (non-hydrogen) atoms. The lowest BCUT2D eigenvalue weighted by Crippen LogP contribution is -2.59. The molecule has 0 radical (unpaired) electrons. The Bertz CT molecular complexity index is 816. The second kappa shape index (κ2) is 6.03. The van der Waals surface area contributed by atoms with Gasteiger partial charge in [-0.25, -0.2) is 14.2 Å². The predicted molar refractivity (Wildman–Crippen MR) is 89.6 cm³/mol. The van der Waals surface area contributed by atoms with Crippen molar-refractivity contribution in [2.24, 2.45) is 4.99 Å². The van der Waals surface area contributed by atoms with E-state index in [0.29, 0.717) is 0 Å². The molecule has 0 spiro atoms. The maximum Gasteiger partial charge on any atom is 0.359 e. The summed E-state index contributed by atoms with van der Waals surface area (Å²) in [5.41, 5.74) is 0.538. The fraction of sp³-hybridized carbons (Fsp3) is 0.471. The number of rotatable bonds is 2. The smallest absolute Gasteiger partial charge is 0.359 e. The van der Waals surface area contributed by atoms with E-state index in [0.717, 1.165) is 23.3 Å². The van der Waals surface area contributed by atoms with Gasteiger partial charge in [0.2, 0.25) is 5.71 Å². The van der Waals surface area contributed by atoms with Crippen LogP contribution < -0.4 is 10.6 Å². The van der Waals surface area contributed by atoms with Gasteiger partial charge >= 0.3 is 5.97 Å². The zero-order valence-corrected chi connectivity index (χ0v) is 14.3. The van der Waals surface area contributed by atoms with Crippen LogP contribution in [0, 0.1) is 0 Å². The van der Waals surface area contributed by atoms with Gasteiger partial charge in [-0.05, 0) is 38.5 Å².